The van der Waals surface area contributed by atoms with Gasteiger partial charge in [0.15, 0.2) is 0 Å². The fourth-order valence-corrected chi connectivity index (χ4v) is 4.45. The Morgan fingerprint density at radius 1 is 1.43 bits per heavy atom. The molecule has 1 rings (SSSR count). The summed E-state index contributed by atoms with van der Waals surface area (Å²) in [6.07, 6.45) is 0. The maximum atomic E-state index is 12.7. The van der Waals surface area contributed by atoms with E-state index in [9.17, 15) is 8.42 Å². The van der Waals surface area contributed by atoms with Gasteiger partial charge in [-0.15, -0.1) is 0 Å². The van der Waals surface area contributed by atoms with Crippen LogP contribution in [0.15, 0.2) is 21.5 Å². The largest absolute Gasteiger partial charge is 0.495 e. The minimum absolute atomic E-state index is 0.101. The van der Waals surface area contributed by atoms with E-state index in [0.717, 1.165) is 0 Å². The number of nitrogens with two attached hydrogens (primary N) is 1. The molecule has 21 heavy (non-hydrogen) atoms. The number of ether oxygens (including phenoxy) is 1. The van der Waals surface area contributed by atoms with Crippen molar-refractivity contribution in [3.05, 3.63) is 21.6 Å². The predicted octanol–water partition coefficient (Wildman–Crippen LogP) is 2.72. The molecule has 0 aliphatic rings. The molecule has 0 aliphatic carbocycles. The molecule has 1 aromatic rings. The fourth-order valence-electron chi connectivity index (χ4n) is 1.78. The van der Waals surface area contributed by atoms with Gasteiger partial charge in [0.05, 0.1) is 17.0 Å². The zero-order valence-electron chi connectivity index (χ0n) is 12.5. The highest BCUT2D eigenvalue weighted by atomic mass is 79.9. The minimum atomic E-state index is -3.67. The third-order valence-electron chi connectivity index (χ3n) is 3.10. The van der Waals surface area contributed by atoms with E-state index < -0.39 is 10.0 Å². The van der Waals surface area contributed by atoms with Gasteiger partial charge >= 0.3 is 0 Å². The van der Waals surface area contributed by atoms with Crippen LogP contribution in [0.25, 0.3) is 0 Å². The molecule has 0 radical (unpaired) electrons. The van der Waals surface area contributed by atoms with Crippen molar-refractivity contribution >= 4 is 37.6 Å². The number of halogens is 2. The highest BCUT2D eigenvalue weighted by molar-refractivity contribution is 9.10. The first kappa shape index (κ1) is 18.7. The summed E-state index contributed by atoms with van der Waals surface area (Å²) in [7, 11) is -0.674. The summed E-state index contributed by atoms with van der Waals surface area (Å²) in [4.78, 5) is 0.101. The van der Waals surface area contributed by atoms with E-state index in [1.807, 2.05) is 13.8 Å². The molecule has 2 N–H and O–H groups in total. The second-order valence-electron chi connectivity index (χ2n) is 5.55. The highest BCUT2D eigenvalue weighted by Crippen LogP contribution is 2.35. The average Bonchev–Trinajstić information content (AvgIpc) is 2.40. The topological polar surface area (TPSA) is 72.6 Å². The van der Waals surface area contributed by atoms with Crippen molar-refractivity contribution in [3.63, 3.8) is 0 Å². The third-order valence-corrected chi connectivity index (χ3v) is 6.16. The van der Waals surface area contributed by atoms with Gasteiger partial charge in [-0.05, 0) is 40.0 Å². The van der Waals surface area contributed by atoms with Crippen molar-refractivity contribution in [2.45, 2.75) is 18.7 Å². The van der Waals surface area contributed by atoms with Crippen LogP contribution < -0.4 is 10.5 Å². The molecule has 0 amide bonds. The monoisotopic (exact) mass is 398 g/mol. The van der Waals surface area contributed by atoms with Crippen molar-refractivity contribution < 1.29 is 13.2 Å². The molecule has 0 saturated carbocycles. The molecule has 0 heterocycles. The van der Waals surface area contributed by atoms with E-state index in [1.54, 1.807) is 0 Å². The number of nitrogens with zero attached hydrogens (tertiary/aromatic N) is 1. The molecule has 120 valence electrons. The Kier molecular flexibility index (Phi) is 6.08. The molecule has 8 heteroatoms. The minimum Gasteiger partial charge on any atom is -0.495 e. The van der Waals surface area contributed by atoms with Gasteiger partial charge in [-0.2, -0.15) is 0 Å². The lowest BCUT2D eigenvalue weighted by Gasteiger charge is -2.28. The summed E-state index contributed by atoms with van der Waals surface area (Å²) in [6.45, 7) is 4.52. The van der Waals surface area contributed by atoms with Gasteiger partial charge in [-0.25, -0.2) is 12.7 Å². The van der Waals surface area contributed by atoms with Crippen LogP contribution in [-0.4, -0.2) is 40.0 Å². The number of sulfonamides is 1. The van der Waals surface area contributed by atoms with E-state index in [4.69, 9.17) is 22.1 Å². The Morgan fingerprint density at radius 2 is 2.00 bits per heavy atom. The van der Waals surface area contributed by atoms with Gasteiger partial charge in [0.2, 0.25) is 10.0 Å². The summed E-state index contributed by atoms with van der Waals surface area (Å²) in [5.41, 5.74) is 5.35. The van der Waals surface area contributed by atoms with E-state index in [2.05, 4.69) is 15.9 Å². The van der Waals surface area contributed by atoms with Gasteiger partial charge < -0.3 is 10.5 Å². The van der Waals surface area contributed by atoms with Crippen molar-refractivity contribution in [2.75, 3.05) is 27.2 Å². The molecule has 0 atom stereocenters. The quantitative estimate of drug-likeness (QED) is 0.798. The molecule has 0 bridgehead atoms. The van der Waals surface area contributed by atoms with Crippen LogP contribution in [0.1, 0.15) is 13.8 Å². The normalized spacial score (nSPS) is 12.8. The first-order valence-electron chi connectivity index (χ1n) is 6.24. The lowest BCUT2D eigenvalue weighted by atomic mass is 9.94. The number of methoxy groups -OCH3 is 1. The first-order chi connectivity index (χ1) is 9.55. The van der Waals surface area contributed by atoms with Gasteiger partial charge in [-0.3, -0.25) is 0 Å². The van der Waals surface area contributed by atoms with Crippen LogP contribution in [0.2, 0.25) is 5.02 Å². The number of rotatable bonds is 6. The van der Waals surface area contributed by atoms with Crippen LogP contribution in [-0.2, 0) is 10.0 Å². The lowest BCUT2D eigenvalue weighted by Crippen LogP contribution is -2.39. The summed E-state index contributed by atoms with van der Waals surface area (Å²) in [5, 5.41) is 0.241. The Balaban J connectivity index is 3.22. The van der Waals surface area contributed by atoms with Crippen LogP contribution in [0, 0.1) is 5.41 Å². The maximum Gasteiger partial charge on any atom is 0.244 e. The molecular formula is C13H20BrClN2O3S. The maximum absolute atomic E-state index is 12.7. The van der Waals surface area contributed by atoms with E-state index >= 15 is 0 Å². The van der Waals surface area contributed by atoms with Crippen molar-refractivity contribution in [1.82, 2.24) is 4.31 Å². The summed E-state index contributed by atoms with van der Waals surface area (Å²) >= 11 is 9.28. The van der Waals surface area contributed by atoms with Gasteiger partial charge in [0, 0.05) is 18.1 Å². The predicted molar refractivity (Wildman–Crippen MR) is 88.4 cm³/mol. The van der Waals surface area contributed by atoms with E-state index in [-0.39, 0.29) is 15.3 Å². The van der Waals surface area contributed by atoms with Crippen molar-refractivity contribution in [3.8, 4) is 5.75 Å². The van der Waals surface area contributed by atoms with Crippen molar-refractivity contribution in [2.24, 2.45) is 11.1 Å². The van der Waals surface area contributed by atoms with Crippen LogP contribution >= 0.6 is 27.5 Å². The number of benzene rings is 1. The molecular weight excluding hydrogens is 380 g/mol. The Morgan fingerprint density at radius 3 is 2.48 bits per heavy atom. The van der Waals surface area contributed by atoms with Crippen LogP contribution in [0.3, 0.4) is 0 Å². The van der Waals surface area contributed by atoms with Gasteiger partial charge in [0.1, 0.15) is 5.75 Å². The third kappa shape index (κ3) is 4.32. The molecule has 1 aromatic carbocycles. The fraction of sp³-hybridized carbons (Fsp3) is 0.538. The second kappa shape index (κ2) is 6.83. The zero-order chi connectivity index (χ0) is 16.4. The zero-order valence-corrected chi connectivity index (χ0v) is 15.6. The number of hydrogen-bond donors (Lipinski definition) is 1. The summed E-state index contributed by atoms with van der Waals surface area (Å²) in [5.74, 6) is 0.410. The van der Waals surface area contributed by atoms with Crippen LogP contribution in [0.4, 0.5) is 0 Å². The highest BCUT2D eigenvalue weighted by Gasteiger charge is 2.29. The SMILES string of the molecule is COc1cc(Br)c(S(=O)(=O)N(C)CC(C)(C)CN)cc1Cl. The van der Waals surface area contributed by atoms with Crippen LogP contribution in [0.5, 0.6) is 5.75 Å². The number of hydrogen-bond acceptors (Lipinski definition) is 4. The van der Waals surface area contributed by atoms with Crippen molar-refractivity contribution in [1.29, 1.82) is 0 Å². The molecule has 0 unspecified atom stereocenters. The van der Waals surface area contributed by atoms with Gasteiger partial charge in [-0.1, -0.05) is 25.4 Å². The Hall–Kier alpha value is -0.340. The second-order valence-corrected chi connectivity index (χ2v) is 8.82. The molecule has 5 nitrogen and oxygen atoms in total. The Labute approximate surface area is 139 Å². The summed E-state index contributed by atoms with van der Waals surface area (Å²) in [6, 6.07) is 2.92. The smallest absolute Gasteiger partial charge is 0.244 e. The molecule has 0 aliphatic heterocycles. The molecule has 0 fully saturated rings. The molecule has 0 spiro atoms. The first-order valence-corrected chi connectivity index (χ1v) is 8.85. The van der Waals surface area contributed by atoms with Gasteiger partial charge in [0.25, 0.3) is 0 Å². The Bertz CT molecular complexity index is 620. The standard InChI is InChI=1S/C13H20BrClN2O3S/c1-13(2,7-16)8-17(3)21(18,19)12-6-10(15)11(20-4)5-9(12)14/h5-6H,7-8,16H2,1-4H3. The average molecular weight is 400 g/mol. The lowest BCUT2D eigenvalue weighted by molar-refractivity contribution is 0.292. The van der Waals surface area contributed by atoms with E-state index in [0.29, 0.717) is 23.3 Å². The molecule has 0 saturated heterocycles. The molecule has 0 aromatic heterocycles. The van der Waals surface area contributed by atoms with E-state index in [1.165, 1.54) is 30.6 Å². The summed E-state index contributed by atoms with van der Waals surface area (Å²) < 4.78 is 32.1.